The average molecular weight is 345 g/mol. The van der Waals surface area contributed by atoms with Crippen molar-refractivity contribution in [2.45, 2.75) is 39.2 Å². The molecular weight excluding hydrogens is 319 g/mol. The number of benzene rings is 1. The van der Waals surface area contributed by atoms with Crippen LogP contribution < -0.4 is 10.6 Å². The van der Waals surface area contributed by atoms with Crippen LogP contribution in [-0.4, -0.2) is 19.0 Å². The van der Waals surface area contributed by atoms with Crippen LogP contribution in [0.3, 0.4) is 0 Å². The summed E-state index contributed by atoms with van der Waals surface area (Å²) in [4.78, 5) is 12.2. The molecule has 3 atom stereocenters. The lowest BCUT2D eigenvalue weighted by Crippen LogP contribution is -2.36. The number of hydrogen-bond donors (Lipinski definition) is 2. The molecule has 3 nitrogen and oxygen atoms in total. The highest BCUT2D eigenvalue weighted by Gasteiger charge is 2.22. The Kier molecular flexibility index (Phi) is 8.23. The van der Waals surface area contributed by atoms with Crippen molar-refractivity contribution in [1.82, 2.24) is 10.6 Å². The molecule has 1 aromatic carbocycles. The van der Waals surface area contributed by atoms with Gasteiger partial charge in [-0.15, -0.1) is 12.4 Å². The molecule has 1 saturated heterocycles. The third-order valence-corrected chi connectivity index (χ3v) is 4.61. The molecule has 1 aliphatic rings. The van der Waals surface area contributed by atoms with Gasteiger partial charge in [-0.1, -0.05) is 30.7 Å². The molecule has 1 heterocycles. The summed E-state index contributed by atoms with van der Waals surface area (Å²) in [6, 6.07) is 7.65. The maximum absolute atomic E-state index is 12.2. The molecule has 0 radical (unpaired) electrons. The standard InChI is InChI=1S/C17H25ClN2O.ClH/c1-12(15-6-4-8-19-11-15)9-17(21)20-13(2)14-5-3-7-16(18)10-14;/h3,5,7,10,12-13,15,19H,4,6,8-9,11H2,1-2H3,(H,20,21);1H/t12?,13-,15?;/m1./s1. The lowest BCUT2D eigenvalue weighted by molar-refractivity contribution is -0.123. The van der Waals surface area contributed by atoms with Crippen molar-refractivity contribution in [3.8, 4) is 0 Å². The van der Waals surface area contributed by atoms with Crippen LogP contribution in [-0.2, 0) is 4.79 Å². The number of rotatable bonds is 5. The molecule has 5 heteroatoms. The normalized spacial score (nSPS) is 20.6. The molecule has 0 saturated carbocycles. The van der Waals surface area contributed by atoms with Gasteiger partial charge in [0.15, 0.2) is 0 Å². The Balaban J connectivity index is 0.00000242. The molecule has 0 aliphatic carbocycles. The summed E-state index contributed by atoms with van der Waals surface area (Å²) in [5.41, 5.74) is 1.04. The lowest BCUT2D eigenvalue weighted by Gasteiger charge is -2.28. The number of halogens is 2. The molecule has 2 unspecified atom stereocenters. The number of carbonyl (C=O) groups is 1. The fraction of sp³-hybridized carbons (Fsp3) is 0.588. The number of carbonyl (C=O) groups excluding carboxylic acids is 1. The summed E-state index contributed by atoms with van der Waals surface area (Å²) in [6.07, 6.45) is 3.04. The van der Waals surface area contributed by atoms with Gasteiger partial charge in [0, 0.05) is 11.4 Å². The summed E-state index contributed by atoms with van der Waals surface area (Å²) in [7, 11) is 0. The first-order chi connectivity index (χ1) is 10.1. The van der Waals surface area contributed by atoms with Crippen molar-refractivity contribution in [2.24, 2.45) is 11.8 Å². The molecule has 0 spiro atoms. The maximum atomic E-state index is 12.2. The minimum atomic E-state index is -0.00659. The largest absolute Gasteiger partial charge is 0.350 e. The molecule has 1 amide bonds. The van der Waals surface area contributed by atoms with E-state index in [9.17, 15) is 4.79 Å². The van der Waals surface area contributed by atoms with Crippen LogP contribution in [0.5, 0.6) is 0 Å². The van der Waals surface area contributed by atoms with Crippen LogP contribution in [0, 0.1) is 11.8 Å². The molecule has 2 N–H and O–H groups in total. The van der Waals surface area contributed by atoms with Gasteiger partial charge in [0.2, 0.25) is 5.91 Å². The summed E-state index contributed by atoms with van der Waals surface area (Å²) in [6.45, 7) is 6.33. The zero-order valence-electron chi connectivity index (χ0n) is 13.3. The number of piperidine rings is 1. The van der Waals surface area contributed by atoms with Gasteiger partial charge in [-0.2, -0.15) is 0 Å². The molecule has 1 aliphatic heterocycles. The molecule has 1 fully saturated rings. The number of nitrogens with one attached hydrogen (secondary N) is 2. The summed E-state index contributed by atoms with van der Waals surface area (Å²) in [5, 5.41) is 7.19. The second-order valence-corrected chi connectivity index (χ2v) is 6.57. The van der Waals surface area contributed by atoms with E-state index in [0.717, 1.165) is 18.7 Å². The number of amides is 1. The molecule has 0 bridgehead atoms. The third kappa shape index (κ3) is 5.79. The molecule has 124 valence electrons. The van der Waals surface area contributed by atoms with Gasteiger partial charge in [0.1, 0.15) is 0 Å². The van der Waals surface area contributed by atoms with Gasteiger partial charge < -0.3 is 10.6 Å². The zero-order chi connectivity index (χ0) is 15.2. The van der Waals surface area contributed by atoms with Crippen molar-refractivity contribution in [3.05, 3.63) is 34.9 Å². The van der Waals surface area contributed by atoms with Gasteiger partial charge >= 0.3 is 0 Å². The second kappa shape index (κ2) is 9.39. The Labute approximate surface area is 144 Å². The Morgan fingerprint density at radius 2 is 2.23 bits per heavy atom. The van der Waals surface area contributed by atoms with Crippen molar-refractivity contribution in [2.75, 3.05) is 13.1 Å². The van der Waals surface area contributed by atoms with E-state index in [2.05, 4.69) is 17.6 Å². The van der Waals surface area contributed by atoms with Crippen molar-refractivity contribution >= 4 is 29.9 Å². The van der Waals surface area contributed by atoms with Crippen molar-refractivity contribution in [1.29, 1.82) is 0 Å². The average Bonchev–Trinajstić information content (AvgIpc) is 2.48. The van der Waals surface area contributed by atoms with E-state index in [1.54, 1.807) is 0 Å². The molecule has 0 aromatic heterocycles. The predicted molar refractivity (Wildman–Crippen MR) is 94.6 cm³/mol. The van der Waals surface area contributed by atoms with Crippen molar-refractivity contribution in [3.63, 3.8) is 0 Å². The van der Waals surface area contributed by atoms with Gasteiger partial charge in [-0.3, -0.25) is 4.79 Å². The van der Waals surface area contributed by atoms with Crippen LogP contribution in [0.2, 0.25) is 5.02 Å². The monoisotopic (exact) mass is 344 g/mol. The van der Waals surface area contributed by atoms with E-state index < -0.39 is 0 Å². The van der Waals surface area contributed by atoms with Gasteiger partial charge in [0.05, 0.1) is 6.04 Å². The fourth-order valence-corrected chi connectivity index (χ4v) is 3.18. The third-order valence-electron chi connectivity index (χ3n) is 4.37. The maximum Gasteiger partial charge on any atom is 0.220 e. The quantitative estimate of drug-likeness (QED) is 0.848. The summed E-state index contributed by atoms with van der Waals surface area (Å²) >= 11 is 5.99. The van der Waals surface area contributed by atoms with Crippen molar-refractivity contribution < 1.29 is 4.79 Å². The molecular formula is C17H26Cl2N2O. The first-order valence-corrected chi connectivity index (χ1v) is 8.19. The van der Waals surface area contributed by atoms with E-state index >= 15 is 0 Å². The second-order valence-electron chi connectivity index (χ2n) is 6.13. The first-order valence-electron chi connectivity index (χ1n) is 7.82. The Morgan fingerprint density at radius 3 is 2.86 bits per heavy atom. The highest BCUT2D eigenvalue weighted by Crippen LogP contribution is 2.23. The summed E-state index contributed by atoms with van der Waals surface area (Å²) < 4.78 is 0. The SMILES string of the molecule is CC(CC(=O)N[C@H](C)c1cccc(Cl)c1)C1CCCNC1.Cl. The number of hydrogen-bond acceptors (Lipinski definition) is 2. The van der Waals surface area contributed by atoms with E-state index in [0.29, 0.717) is 23.3 Å². The minimum Gasteiger partial charge on any atom is -0.350 e. The smallest absolute Gasteiger partial charge is 0.220 e. The van der Waals surface area contributed by atoms with E-state index in [1.807, 2.05) is 31.2 Å². The van der Waals surface area contributed by atoms with Gasteiger partial charge in [-0.25, -0.2) is 0 Å². The fourth-order valence-electron chi connectivity index (χ4n) is 2.98. The predicted octanol–water partition coefficient (Wildman–Crippen LogP) is 3.96. The van der Waals surface area contributed by atoms with E-state index in [4.69, 9.17) is 11.6 Å². The molecule has 22 heavy (non-hydrogen) atoms. The van der Waals surface area contributed by atoms with Gasteiger partial charge in [-0.05, 0) is 62.4 Å². The molecule has 2 rings (SSSR count). The Hall–Kier alpha value is -0.770. The van der Waals surface area contributed by atoms with Crippen LogP contribution in [0.25, 0.3) is 0 Å². The highest BCUT2D eigenvalue weighted by molar-refractivity contribution is 6.30. The highest BCUT2D eigenvalue weighted by atomic mass is 35.5. The van der Waals surface area contributed by atoms with Crippen LogP contribution in [0.1, 0.15) is 44.7 Å². The summed E-state index contributed by atoms with van der Waals surface area (Å²) in [5.74, 6) is 1.16. The first kappa shape index (κ1) is 19.3. The minimum absolute atomic E-state index is 0. The van der Waals surface area contributed by atoms with Crippen LogP contribution in [0.4, 0.5) is 0 Å². The van der Waals surface area contributed by atoms with Gasteiger partial charge in [0.25, 0.3) is 0 Å². The molecule has 1 aromatic rings. The van der Waals surface area contributed by atoms with E-state index in [1.165, 1.54) is 12.8 Å². The van der Waals surface area contributed by atoms with Crippen LogP contribution >= 0.6 is 24.0 Å². The topological polar surface area (TPSA) is 41.1 Å². The Bertz CT molecular complexity index is 475. The zero-order valence-corrected chi connectivity index (χ0v) is 14.8. The van der Waals surface area contributed by atoms with Crippen LogP contribution in [0.15, 0.2) is 24.3 Å². The Morgan fingerprint density at radius 1 is 1.45 bits per heavy atom. The lowest BCUT2D eigenvalue weighted by atomic mass is 9.85. The van der Waals surface area contributed by atoms with E-state index in [-0.39, 0.29) is 24.4 Å².